The molecular formula is C8H18CuLi. The molecule has 0 aromatic heterocycles. The van der Waals surface area contributed by atoms with Crippen molar-refractivity contribution in [2.45, 2.75) is 27.7 Å². The van der Waals surface area contributed by atoms with E-state index in [-0.39, 0.29) is 35.9 Å². The van der Waals surface area contributed by atoms with Crippen molar-refractivity contribution in [3.05, 3.63) is 13.8 Å². The predicted octanol–water partition coefficient (Wildman–Crippen LogP) is -0.0455. The van der Waals surface area contributed by atoms with E-state index in [4.69, 9.17) is 0 Å². The second-order valence-corrected chi connectivity index (χ2v) is 2.79. The Labute approximate surface area is 89.2 Å². The molecule has 0 saturated carbocycles. The van der Waals surface area contributed by atoms with Crippen LogP contribution in [-0.2, 0) is 17.1 Å². The van der Waals surface area contributed by atoms with Crippen LogP contribution in [0.1, 0.15) is 27.7 Å². The first-order chi connectivity index (χ1) is 3.46. The molecule has 0 radical (unpaired) electrons. The summed E-state index contributed by atoms with van der Waals surface area (Å²) in [7, 11) is 0. The normalized spacial score (nSPS) is 7.20. The van der Waals surface area contributed by atoms with Crippen LogP contribution >= 0.6 is 0 Å². The quantitative estimate of drug-likeness (QED) is 0.366. The van der Waals surface area contributed by atoms with Crippen molar-refractivity contribution in [1.29, 1.82) is 0 Å². The third-order valence-electron chi connectivity index (χ3n) is 0. The molecule has 0 spiro atoms. The second kappa shape index (κ2) is 16.6. The molecule has 0 N–H and O–H groups in total. The third-order valence-corrected chi connectivity index (χ3v) is 0. The molecule has 0 aliphatic rings. The number of hydrogen-bond donors (Lipinski definition) is 0. The first-order valence-electron chi connectivity index (χ1n) is 3.13. The molecule has 0 aliphatic heterocycles. The van der Waals surface area contributed by atoms with Crippen LogP contribution in [0, 0.1) is 25.7 Å². The molecule has 10 heavy (non-hydrogen) atoms. The maximum atomic E-state index is 3.64. The standard InChI is InChI=1S/2C4H9.Cu.Li/c2*1-4(2)3;;/h2*4H,1H2,2-3H3;;/q2*-1;2*+1. The van der Waals surface area contributed by atoms with Crippen molar-refractivity contribution in [2.75, 3.05) is 0 Å². The van der Waals surface area contributed by atoms with Crippen molar-refractivity contribution in [2.24, 2.45) is 11.8 Å². The Morgan fingerprint density at radius 2 is 0.800 bits per heavy atom. The molecule has 0 unspecified atom stereocenters. The number of rotatable bonds is 0. The van der Waals surface area contributed by atoms with Crippen molar-refractivity contribution in [3.8, 4) is 0 Å². The van der Waals surface area contributed by atoms with E-state index in [9.17, 15) is 0 Å². The fourth-order valence-electron chi connectivity index (χ4n) is 0. The van der Waals surface area contributed by atoms with Crippen molar-refractivity contribution >= 4 is 0 Å². The van der Waals surface area contributed by atoms with E-state index in [1.54, 1.807) is 0 Å². The van der Waals surface area contributed by atoms with Crippen molar-refractivity contribution in [1.82, 2.24) is 0 Å². The third kappa shape index (κ3) is 482. The van der Waals surface area contributed by atoms with E-state index >= 15 is 0 Å². The molecule has 0 amide bonds. The molecule has 0 rings (SSSR count). The average molecular weight is 185 g/mol. The monoisotopic (exact) mass is 184 g/mol. The van der Waals surface area contributed by atoms with Crippen LogP contribution in [-0.4, -0.2) is 0 Å². The Morgan fingerprint density at radius 1 is 0.800 bits per heavy atom. The Hall–Kier alpha value is 1.12. The molecule has 0 nitrogen and oxygen atoms in total. The van der Waals surface area contributed by atoms with Crippen LogP contribution in [0.15, 0.2) is 0 Å². The van der Waals surface area contributed by atoms with Gasteiger partial charge < -0.3 is 13.8 Å². The first kappa shape index (κ1) is 22.5. The molecular weight excluding hydrogens is 167 g/mol. The summed E-state index contributed by atoms with van der Waals surface area (Å²) in [5, 5.41) is 0. The molecule has 0 heterocycles. The molecule has 0 aliphatic carbocycles. The van der Waals surface area contributed by atoms with Gasteiger partial charge in [-0.3, -0.25) is 0 Å². The molecule has 0 aromatic carbocycles. The summed E-state index contributed by atoms with van der Waals surface area (Å²) >= 11 is 0. The zero-order valence-corrected chi connectivity index (χ0v) is 8.81. The van der Waals surface area contributed by atoms with Gasteiger partial charge in [0.15, 0.2) is 0 Å². The molecule has 0 atom stereocenters. The van der Waals surface area contributed by atoms with E-state index < -0.39 is 0 Å². The van der Waals surface area contributed by atoms with Gasteiger partial charge in [-0.1, -0.05) is 27.7 Å². The van der Waals surface area contributed by atoms with Gasteiger partial charge in [-0.05, 0) is 0 Å². The maximum absolute atomic E-state index is 3.64. The van der Waals surface area contributed by atoms with Crippen molar-refractivity contribution in [3.63, 3.8) is 0 Å². The zero-order valence-electron chi connectivity index (χ0n) is 7.87. The summed E-state index contributed by atoms with van der Waals surface area (Å²) in [6.45, 7) is 15.5. The maximum Gasteiger partial charge on any atom is 1.00 e. The van der Waals surface area contributed by atoms with Gasteiger partial charge in [-0.25, -0.2) is 0 Å². The summed E-state index contributed by atoms with van der Waals surface area (Å²) in [6, 6.07) is 0. The summed E-state index contributed by atoms with van der Waals surface area (Å²) in [5.41, 5.74) is 0. The minimum absolute atomic E-state index is 0. The average Bonchev–Trinajstić information content (AvgIpc) is 1.25. The Morgan fingerprint density at radius 3 is 0.800 bits per heavy atom. The zero-order chi connectivity index (χ0) is 7.15. The molecule has 62 valence electrons. The summed E-state index contributed by atoms with van der Waals surface area (Å²) in [4.78, 5) is 0. The SMILES string of the molecule is [CH2-]C(C)C.[CH2-]C(C)C.[Cu+].[Li+]. The van der Waals surface area contributed by atoms with Crippen LogP contribution in [0.2, 0.25) is 0 Å². The van der Waals surface area contributed by atoms with Crippen LogP contribution < -0.4 is 18.9 Å². The minimum atomic E-state index is 0. The van der Waals surface area contributed by atoms with Crippen LogP contribution in [0.4, 0.5) is 0 Å². The van der Waals surface area contributed by atoms with Crippen LogP contribution in [0.5, 0.6) is 0 Å². The van der Waals surface area contributed by atoms with Gasteiger partial charge in [0, 0.05) is 0 Å². The molecule has 0 fully saturated rings. The van der Waals surface area contributed by atoms with Crippen LogP contribution in [0.3, 0.4) is 0 Å². The summed E-state index contributed by atoms with van der Waals surface area (Å²) in [6.07, 6.45) is 0. The topological polar surface area (TPSA) is 0 Å². The smallest absolute Gasteiger partial charge is 0.341 e. The molecule has 2 heteroatoms. The first-order valence-corrected chi connectivity index (χ1v) is 3.13. The van der Waals surface area contributed by atoms with E-state index in [2.05, 4.69) is 41.5 Å². The fourth-order valence-corrected chi connectivity index (χ4v) is 0. The minimum Gasteiger partial charge on any atom is -0.341 e. The van der Waals surface area contributed by atoms with Gasteiger partial charge >= 0.3 is 35.9 Å². The Balaban J connectivity index is -0.0000000300. The Bertz CT molecular complexity index is 24.7. The summed E-state index contributed by atoms with van der Waals surface area (Å²) < 4.78 is 0. The predicted molar refractivity (Wildman–Crippen MR) is 40.4 cm³/mol. The largest absolute Gasteiger partial charge is 1.00 e. The molecule has 0 bridgehead atoms. The van der Waals surface area contributed by atoms with E-state index in [1.165, 1.54) is 0 Å². The summed E-state index contributed by atoms with van der Waals surface area (Å²) in [5.74, 6) is 1.17. The van der Waals surface area contributed by atoms with Gasteiger partial charge in [0.05, 0.1) is 0 Å². The fraction of sp³-hybridized carbons (Fsp3) is 0.750. The van der Waals surface area contributed by atoms with Crippen LogP contribution in [0.25, 0.3) is 0 Å². The van der Waals surface area contributed by atoms with Crippen molar-refractivity contribution < 1.29 is 35.9 Å². The van der Waals surface area contributed by atoms with E-state index in [1.807, 2.05) is 0 Å². The number of hydrogen-bond acceptors (Lipinski definition) is 0. The van der Waals surface area contributed by atoms with E-state index in [0.29, 0.717) is 11.8 Å². The van der Waals surface area contributed by atoms with Gasteiger partial charge in [0.2, 0.25) is 0 Å². The molecule has 0 saturated heterocycles. The van der Waals surface area contributed by atoms with Gasteiger partial charge in [0.1, 0.15) is 0 Å². The van der Waals surface area contributed by atoms with Gasteiger partial charge in [0.25, 0.3) is 0 Å². The van der Waals surface area contributed by atoms with E-state index in [0.717, 1.165) is 0 Å². The second-order valence-electron chi connectivity index (χ2n) is 2.79. The molecule has 0 aromatic rings. The van der Waals surface area contributed by atoms with Gasteiger partial charge in [-0.2, -0.15) is 11.8 Å². The van der Waals surface area contributed by atoms with Gasteiger partial charge in [-0.15, -0.1) is 0 Å². The Kier molecular flexibility index (Phi) is 37.3.